The van der Waals surface area contributed by atoms with Gasteiger partial charge in [-0.15, -0.1) is 0 Å². The largest absolute Gasteiger partial charge is 0.481 e. The first-order chi connectivity index (χ1) is 18.1. The van der Waals surface area contributed by atoms with Gasteiger partial charge in [-0.25, -0.2) is 0 Å². The van der Waals surface area contributed by atoms with Crippen molar-refractivity contribution >= 4 is 5.97 Å². The first-order valence-electron chi connectivity index (χ1n) is 13.5. The Kier molecular flexibility index (Phi) is 7.87. The normalized spacial score (nSPS) is 24.3. The maximum Gasteiger partial charge on any atom is 0.303 e. The van der Waals surface area contributed by atoms with Gasteiger partial charge < -0.3 is 14.9 Å². The summed E-state index contributed by atoms with van der Waals surface area (Å²) in [7, 11) is 0. The number of carboxylic acid groups (broad SMARTS) is 1. The first kappa shape index (κ1) is 25.4. The Morgan fingerprint density at radius 3 is 1.92 bits per heavy atom. The Hall–Kier alpha value is -3.21. The minimum absolute atomic E-state index is 0.0606. The van der Waals surface area contributed by atoms with Gasteiger partial charge in [0.25, 0.3) is 0 Å². The molecule has 4 atom stereocenters. The van der Waals surface area contributed by atoms with Gasteiger partial charge in [0.2, 0.25) is 0 Å². The standard InChI is InChI=1S/C33H36O4/c34-31-22-25-20-24(12-10-11-19-32(35)36)21-29(25)30(31)23-37-33(26-13-4-1-5-14-26,27-15-6-2-7-16-27)28-17-8-3-9-18-28/h1-9,12-18,25,29-31,34H,10-11,19-23H2,(H,35,36)/b24-12+/t25-,29-,30+,31+/m1/s1. The molecule has 2 aliphatic carbocycles. The van der Waals surface area contributed by atoms with E-state index in [1.165, 1.54) is 5.57 Å². The Morgan fingerprint density at radius 1 is 0.865 bits per heavy atom. The summed E-state index contributed by atoms with van der Waals surface area (Å²) in [4.78, 5) is 10.8. The number of hydrogen-bond donors (Lipinski definition) is 2. The van der Waals surface area contributed by atoms with Crippen LogP contribution in [0.2, 0.25) is 0 Å². The minimum Gasteiger partial charge on any atom is -0.481 e. The highest BCUT2D eigenvalue weighted by Crippen LogP contribution is 2.51. The quantitative estimate of drug-likeness (QED) is 0.189. The molecule has 2 saturated carbocycles. The molecule has 3 aromatic carbocycles. The summed E-state index contributed by atoms with van der Waals surface area (Å²) in [5.41, 5.74) is 3.85. The van der Waals surface area contributed by atoms with Crippen LogP contribution in [-0.2, 0) is 15.1 Å². The van der Waals surface area contributed by atoms with Crippen LogP contribution in [0.1, 0.15) is 55.2 Å². The van der Waals surface area contributed by atoms with Crippen LogP contribution >= 0.6 is 0 Å². The molecule has 2 N–H and O–H groups in total. The molecule has 0 radical (unpaired) electrons. The van der Waals surface area contributed by atoms with E-state index in [0.29, 0.717) is 24.9 Å². The van der Waals surface area contributed by atoms with Crippen molar-refractivity contribution < 1.29 is 19.7 Å². The second kappa shape index (κ2) is 11.5. The molecule has 4 heteroatoms. The fourth-order valence-corrected chi connectivity index (χ4v) is 6.52. The van der Waals surface area contributed by atoms with Crippen molar-refractivity contribution in [3.8, 4) is 0 Å². The van der Waals surface area contributed by atoms with Crippen molar-refractivity contribution in [2.45, 2.75) is 50.2 Å². The molecule has 4 nitrogen and oxygen atoms in total. The summed E-state index contributed by atoms with van der Waals surface area (Å²) in [6.45, 7) is 0.466. The molecule has 0 bridgehead atoms. The number of aliphatic hydroxyl groups is 1. The molecular weight excluding hydrogens is 460 g/mol. The molecule has 192 valence electrons. The zero-order valence-corrected chi connectivity index (χ0v) is 21.2. The van der Waals surface area contributed by atoms with Gasteiger partial charge in [-0.3, -0.25) is 4.79 Å². The van der Waals surface area contributed by atoms with Crippen LogP contribution in [-0.4, -0.2) is 28.9 Å². The molecule has 0 amide bonds. The van der Waals surface area contributed by atoms with Crippen LogP contribution in [0, 0.1) is 17.8 Å². The smallest absolute Gasteiger partial charge is 0.303 e. The van der Waals surface area contributed by atoms with E-state index in [4.69, 9.17) is 9.84 Å². The van der Waals surface area contributed by atoms with Gasteiger partial charge in [0.1, 0.15) is 5.60 Å². The maximum absolute atomic E-state index is 11.1. The highest BCUT2D eigenvalue weighted by Gasteiger charge is 2.48. The fraction of sp³-hybridized carbons (Fsp3) is 0.364. The van der Waals surface area contributed by atoms with Gasteiger partial charge >= 0.3 is 5.97 Å². The number of benzene rings is 3. The predicted octanol–water partition coefficient (Wildman–Crippen LogP) is 6.58. The molecule has 5 rings (SSSR count). The number of allylic oxidation sites excluding steroid dienone is 2. The summed E-state index contributed by atoms with van der Waals surface area (Å²) < 4.78 is 7.07. The number of aliphatic carboxylic acids is 1. The number of aliphatic hydroxyl groups excluding tert-OH is 1. The van der Waals surface area contributed by atoms with Crippen molar-refractivity contribution in [2.75, 3.05) is 6.61 Å². The molecule has 37 heavy (non-hydrogen) atoms. The highest BCUT2D eigenvalue weighted by molar-refractivity contribution is 5.66. The van der Waals surface area contributed by atoms with Gasteiger partial charge in [-0.1, -0.05) is 103 Å². The lowest BCUT2D eigenvalue weighted by molar-refractivity contribution is -0.137. The van der Waals surface area contributed by atoms with Crippen LogP contribution in [0.3, 0.4) is 0 Å². The number of rotatable bonds is 10. The predicted molar refractivity (Wildman–Crippen MR) is 145 cm³/mol. The molecule has 2 fully saturated rings. The summed E-state index contributed by atoms with van der Waals surface area (Å²) in [6, 6.07) is 31.2. The molecule has 0 saturated heterocycles. The molecule has 0 spiro atoms. The van der Waals surface area contributed by atoms with Gasteiger partial charge in [-0.05, 0) is 60.6 Å². The lowest BCUT2D eigenvalue weighted by Crippen LogP contribution is -2.37. The highest BCUT2D eigenvalue weighted by atomic mass is 16.5. The van der Waals surface area contributed by atoms with Gasteiger partial charge in [0, 0.05) is 12.3 Å². The number of unbranched alkanes of at least 4 members (excludes halogenated alkanes) is 1. The second-order valence-electron chi connectivity index (χ2n) is 10.5. The van der Waals surface area contributed by atoms with Crippen molar-refractivity contribution in [2.24, 2.45) is 17.8 Å². The van der Waals surface area contributed by atoms with E-state index in [1.54, 1.807) is 0 Å². The average molecular weight is 497 g/mol. The second-order valence-corrected chi connectivity index (χ2v) is 10.5. The summed E-state index contributed by atoms with van der Waals surface area (Å²) in [5.74, 6) is 0.181. The van der Waals surface area contributed by atoms with E-state index >= 15 is 0 Å². The molecule has 0 heterocycles. The third-order valence-electron chi connectivity index (χ3n) is 8.28. The van der Waals surface area contributed by atoms with Crippen molar-refractivity contribution in [1.82, 2.24) is 0 Å². The lowest BCUT2D eigenvalue weighted by Gasteiger charge is -2.37. The minimum atomic E-state index is -0.782. The lowest BCUT2D eigenvalue weighted by atomic mass is 9.79. The van der Waals surface area contributed by atoms with Gasteiger partial charge in [-0.2, -0.15) is 0 Å². The summed E-state index contributed by atoms with van der Waals surface area (Å²) in [6.07, 6.45) is 6.36. The monoisotopic (exact) mass is 496 g/mol. The molecule has 0 aromatic heterocycles. The Morgan fingerprint density at radius 2 is 1.41 bits per heavy atom. The SMILES string of the molecule is O=C(O)CCC/C=C1\C[C@@H]2C[C@H](O)[C@@H](COC(c3ccccc3)(c3ccccc3)c3ccccc3)[C@@H]2C1. The molecule has 0 unspecified atom stereocenters. The van der Waals surface area contributed by atoms with Gasteiger partial charge in [0.05, 0.1) is 12.7 Å². The van der Waals surface area contributed by atoms with E-state index in [0.717, 1.165) is 42.4 Å². The molecular formula is C33H36O4. The number of fused-ring (bicyclic) bond motifs is 1. The first-order valence-corrected chi connectivity index (χ1v) is 13.5. The third-order valence-corrected chi connectivity index (χ3v) is 8.28. The number of carboxylic acids is 1. The summed E-state index contributed by atoms with van der Waals surface area (Å²) in [5, 5.41) is 20.0. The Bertz CT molecular complexity index is 1090. The number of carbonyl (C=O) groups is 1. The van der Waals surface area contributed by atoms with Crippen LogP contribution in [0.25, 0.3) is 0 Å². The van der Waals surface area contributed by atoms with Gasteiger partial charge in [0.15, 0.2) is 0 Å². The zero-order chi connectivity index (χ0) is 25.7. The van der Waals surface area contributed by atoms with E-state index in [-0.39, 0.29) is 18.4 Å². The van der Waals surface area contributed by atoms with Crippen molar-refractivity contribution in [3.63, 3.8) is 0 Å². The van der Waals surface area contributed by atoms with Crippen LogP contribution in [0.5, 0.6) is 0 Å². The third kappa shape index (κ3) is 5.41. The summed E-state index contributed by atoms with van der Waals surface area (Å²) >= 11 is 0. The molecule has 3 aromatic rings. The van der Waals surface area contributed by atoms with Crippen molar-refractivity contribution in [1.29, 1.82) is 0 Å². The molecule has 2 aliphatic rings. The van der Waals surface area contributed by atoms with Crippen LogP contribution in [0.4, 0.5) is 0 Å². The number of hydrogen-bond acceptors (Lipinski definition) is 3. The zero-order valence-electron chi connectivity index (χ0n) is 21.2. The van der Waals surface area contributed by atoms with E-state index in [9.17, 15) is 9.90 Å². The van der Waals surface area contributed by atoms with Crippen LogP contribution in [0.15, 0.2) is 103 Å². The molecule has 0 aliphatic heterocycles. The van der Waals surface area contributed by atoms with Crippen LogP contribution < -0.4 is 0 Å². The number of ether oxygens (including phenoxy) is 1. The van der Waals surface area contributed by atoms with Crippen molar-refractivity contribution in [3.05, 3.63) is 119 Å². The van der Waals surface area contributed by atoms with E-state index < -0.39 is 11.6 Å². The maximum atomic E-state index is 11.1. The van der Waals surface area contributed by atoms with E-state index in [1.807, 2.05) is 18.2 Å². The van der Waals surface area contributed by atoms with E-state index in [2.05, 4.69) is 78.9 Å². The topological polar surface area (TPSA) is 66.8 Å². The Labute approximate surface area is 219 Å². The average Bonchev–Trinajstić information content (AvgIpc) is 3.45. The fourth-order valence-electron chi connectivity index (χ4n) is 6.52. The Balaban J connectivity index is 1.42.